The summed E-state index contributed by atoms with van der Waals surface area (Å²) in [7, 11) is -3.36. The van der Waals surface area contributed by atoms with Gasteiger partial charge in [-0.15, -0.1) is 0 Å². The number of ether oxygens (including phenoxy) is 2. The van der Waals surface area contributed by atoms with Gasteiger partial charge in [0, 0.05) is 32.1 Å². The SMILES string of the molecule is C[C@@H]1C[C@H](C)CN(S(=O)(=O)N2CCC[C@@H](C3OCCO3)C2)C1. The topological polar surface area (TPSA) is 59.1 Å². The summed E-state index contributed by atoms with van der Waals surface area (Å²) in [5, 5.41) is 0. The molecule has 7 heteroatoms. The molecular formula is C15H28N2O4S. The number of hydrogen-bond acceptors (Lipinski definition) is 4. The Morgan fingerprint density at radius 2 is 1.59 bits per heavy atom. The molecule has 3 atom stereocenters. The van der Waals surface area contributed by atoms with E-state index in [-0.39, 0.29) is 12.2 Å². The molecule has 128 valence electrons. The van der Waals surface area contributed by atoms with Crippen LogP contribution in [0.25, 0.3) is 0 Å². The summed E-state index contributed by atoms with van der Waals surface area (Å²) >= 11 is 0. The third-order valence-corrected chi connectivity index (χ3v) is 6.88. The summed E-state index contributed by atoms with van der Waals surface area (Å²) in [6, 6.07) is 0. The molecule has 3 aliphatic rings. The number of hydrogen-bond donors (Lipinski definition) is 0. The lowest BCUT2D eigenvalue weighted by atomic mass is 9.94. The Morgan fingerprint density at radius 1 is 0.955 bits per heavy atom. The van der Waals surface area contributed by atoms with Crippen molar-refractivity contribution in [1.29, 1.82) is 0 Å². The molecule has 0 aliphatic carbocycles. The zero-order valence-corrected chi connectivity index (χ0v) is 14.4. The van der Waals surface area contributed by atoms with Gasteiger partial charge < -0.3 is 9.47 Å². The van der Waals surface area contributed by atoms with Crippen molar-refractivity contribution in [3.8, 4) is 0 Å². The monoisotopic (exact) mass is 332 g/mol. The Kier molecular flexibility index (Phi) is 5.09. The zero-order valence-electron chi connectivity index (χ0n) is 13.6. The average molecular weight is 332 g/mol. The van der Waals surface area contributed by atoms with E-state index >= 15 is 0 Å². The molecule has 0 amide bonds. The molecule has 0 radical (unpaired) electrons. The van der Waals surface area contributed by atoms with E-state index in [0.29, 0.717) is 51.2 Å². The molecule has 0 bridgehead atoms. The van der Waals surface area contributed by atoms with Crippen LogP contribution in [0.2, 0.25) is 0 Å². The lowest BCUT2D eigenvalue weighted by molar-refractivity contribution is -0.0943. The van der Waals surface area contributed by atoms with Crippen molar-refractivity contribution < 1.29 is 17.9 Å². The van der Waals surface area contributed by atoms with Crippen LogP contribution < -0.4 is 0 Å². The minimum atomic E-state index is -3.36. The van der Waals surface area contributed by atoms with Crippen LogP contribution in [0.1, 0.15) is 33.1 Å². The Labute approximate surface area is 133 Å². The van der Waals surface area contributed by atoms with Crippen molar-refractivity contribution in [3.63, 3.8) is 0 Å². The van der Waals surface area contributed by atoms with E-state index in [4.69, 9.17) is 9.47 Å². The summed E-state index contributed by atoms with van der Waals surface area (Å²) in [6.45, 7) is 7.94. The summed E-state index contributed by atoms with van der Waals surface area (Å²) < 4.78 is 40.4. The van der Waals surface area contributed by atoms with Crippen LogP contribution in [0.5, 0.6) is 0 Å². The largest absolute Gasteiger partial charge is 0.350 e. The van der Waals surface area contributed by atoms with Crippen molar-refractivity contribution in [3.05, 3.63) is 0 Å². The highest BCUT2D eigenvalue weighted by Crippen LogP contribution is 2.30. The number of nitrogens with zero attached hydrogens (tertiary/aromatic N) is 2. The molecule has 3 aliphatic heterocycles. The minimum absolute atomic E-state index is 0.158. The Hall–Kier alpha value is -0.210. The molecule has 0 unspecified atom stereocenters. The van der Waals surface area contributed by atoms with Crippen molar-refractivity contribution in [2.75, 3.05) is 39.4 Å². The molecule has 3 heterocycles. The molecule has 0 aromatic rings. The lowest BCUT2D eigenvalue weighted by Gasteiger charge is -2.40. The van der Waals surface area contributed by atoms with E-state index in [0.717, 1.165) is 19.3 Å². The van der Waals surface area contributed by atoms with Crippen LogP contribution in [0.15, 0.2) is 0 Å². The van der Waals surface area contributed by atoms with Crippen LogP contribution >= 0.6 is 0 Å². The highest BCUT2D eigenvalue weighted by atomic mass is 32.2. The van der Waals surface area contributed by atoms with Crippen molar-refractivity contribution >= 4 is 10.2 Å². The molecule has 0 spiro atoms. The molecule has 22 heavy (non-hydrogen) atoms. The maximum Gasteiger partial charge on any atom is 0.282 e. The van der Waals surface area contributed by atoms with Gasteiger partial charge in [0.1, 0.15) is 0 Å². The molecular weight excluding hydrogens is 304 g/mol. The van der Waals surface area contributed by atoms with Gasteiger partial charge in [0.15, 0.2) is 6.29 Å². The van der Waals surface area contributed by atoms with E-state index in [9.17, 15) is 8.42 Å². The predicted molar refractivity (Wildman–Crippen MR) is 83.4 cm³/mol. The lowest BCUT2D eigenvalue weighted by Crippen LogP contribution is -2.53. The molecule has 3 fully saturated rings. The number of piperidine rings is 2. The Morgan fingerprint density at radius 3 is 2.23 bits per heavy atom. The summed E-state index contributed by atoms with van der Waals surface area (Å²) in [6.07, 6.45) is 2.74. The third-order valence-electron chi connectivity index (χ3n) is 4.94. The van der Waals surface area contributed by atoms with E-state index in [2.05, 4.69) is 13.8 Å². The maximum absolute atomic E-state index is 13.0. The van der Waals surface area contributed by atoms with Crippen LogP contribution in [0, 0.1) is 17.8 Å². The van der Waals surface area contributed by atoms with Gasteiger partial charge in [0.05, 0.1) is 13.2 Å². The standard InChI is InChI=1S/C15H28N2O4S/c1-12-8-13(2)10-17(9-12)22(18,19)16-5-3-4-14(11-16)15-20-6-7-21-15/h12-15H,3-11H2,1-2H3/t12-,13+,14-/m1/s1. The molecule has 6 nitrogen and oxygen atoms in total. The van der Waals surface area contributed by atoms with Gasteiger partial charge in [0.25, 0.3) is 10.2 Å². The quantitative estimate of drug-likeness (QED) is 0.781. The number of rotatable bonds is 3. The van der Waals surface area contributed by atoms with Gasteiger partial charge in [-0.05, 0) is 31.1 Å². The van der Waals surface area contributed by atoms with Crippen LogP contribution in [-0.2, 0) is 19.7 Å². The molecule has 0 N–H and O–H groups in total. The van der Waals surface area contributed by atoms with E-state index < -0.39 is 10.2 Å². The minimum Gasteiger partial charge on any atom is -0.350 e. The van der Waals surface area contributed by atoms with E-state index in [1.807, 2.05) is 0 Å². The highest BCUT2D eigenvalue weighted by molar-refractivity contribution is 7.86. The van der Waals surface area contributed by atoms with Crippen molar-refractivity contribution in [1.82, 2.24) is 8.61 Å². The fourth-order valence-electron chi connectivity index (χ4n) is 4.01. The normalized spacial score (nSPS) is 36.7. The van der Waals surface area contributed by atoms with E-state index in [1.165, 1.54) is 0 Å². The van der Waals surface area contributed by atoms with Gasteiger partial charge in [-0.1, -0.05) is 13.8 Å². The Balaban J connectivity index is 1.68. The van der Waals surface area contributed by atoms with Crippen LogP contribution in [0.4, 0.5) is 0 Å². The summed E-state index contributed by atoms with van der Waals surface area (Å²) in [4.78, 5) is 0. The second-order valence-corrected chi connectivity index (χ2v) is 9.07. The molecule has 3 saturated heterocycles. The average Bonchev–Trinajstić information content (AvgIpc) is 3.00. The Bertz CT molecular complexity index is 468. The second-order valence-electron chi connectivity index (χ2n) is 7.14. The fraction of sp³-hybridized carbons (Fsp3) is 1.00. The molecule has 0 aromatic carbocycles. The van der Waals surface area contributed by atoms with Gasteiger partial charge >= 0.3 is 0 Å². The molecule has 0 aromatic heterocycles. The maximum atomic E-state index is 13.0. The molecule has 3 rings (SSSR count). The van der Waals surface area contributed by atoms with Gasteiger partial charge in [-0.3, -0.25) is 0 Å². The second kappa shape index (κ2) is 6.73. The van der Waals surface area contributed by atoms with Crippen LogP contribution in [-0.4, -0.2) is 62.7 Å². The smallest absolute Gasteiger partial charge is 0.282 e. The first-order valence-electron chi connectivity index (χ1n) is 8.45. The van der Waals surface area contributed by atoms with Crippen molar-refractivity contribution in [2.24, 2.45) is 17.8 Å². The van der Waals surface area contributed by atoms with Gasteiger partial charge in [0.2, 0.25) is 0 Å². The summed E-state index contributed by atoms with van der Waals surface area (Å²) in [5.41, 5.74) is 0. The van der Waals surface area contributed by atoms with Crippen LogP contribution in [0.3, 0.4) is 0 Å². The van der Waals surface area contributed by atoms with E-state index in [1.54, 1.807) is 8.61 Å². The third kappa shape index (κ3) is 3.48. The van der Waals surface area contributed by atoms with Gasteiger partial charge in [-0.25, -0.2) is 0 Å². The first kappa shape index (κ1) is 16.6. The zero-order chi connectivity index (χ0) is 15.7. The molecule has 0 saturated carbocycles. The highest BCUT2D eigenvalue weighted by Gasteiger charge is 2.39. The summed E-state index contributed by atoms with van der Waals surface area (Å²) in [5.74, 6) is 1.02. The fourth-order valence-corrected chi connectivity index (χ4v) is 5.96. The first-order valence-corrected chi connectivity index (χ1v) is 9.85. The van der Waals surface area contributed by atoms with Crippen molar-refractivity contribution in [2.45, 2.75) is 39.4 Å². The first-order chi connectivity index (χ1) is 10.5. The van der Waals surface area contributed by atoms with Gasteiger partial charge in [-0.2, -0.15) is 17.0 Å². The predicted octanol–water partition coefficient (Wildman–Crippen LogP) is 1.29.